The van der Waals surface area contributed by atoms with Crippen LogP contribution in [0, 0.1) is 0 Å². The highest BCUT2D eigenvalue weighted by atomic mass is 16.3. The molecule has 0 aromatic heterocycles. The average molecular weight is 175 g/mol. The zero-order valence-electron chi connectivity index (χ0n) is 7.61. The van der Waals surface area contributed by atoms with Crippen molar-refractivity contribution in [2.75, 3.05) is 46.5 Å². The number of hydrogen-bond acceptors (Lipinski definition) is 3. The third kappa shape index (κ3) is 5.54. The van der Waals surface area contributed by atoms with E-state index < -0.39 is 0 Å². The van der Waals surface area contributed by atoms with Crippen LogP contribution >= 0.6 is 0 Å². The number of hydrogen-bond donors (Lipinski definition) is 3. The number of nitrogens with zero attached hydrogens (tertiary/aromatic N) is 1. The van der Waals surface area contributed by atoms with E-state index >= 15 is 0 Å². The first-order valence-corrected chi connectivity index (χ1v) is 3.84. The van der Waals surface area contributed by atoms with Crippen molar-refractivity contribution in [3.8, 4) is 0 Å². The maximum absolute atomic E-state index is 8.68. The zero-order valence-corrected chi connectivity index (χ0v) is 7.61. The molecular formula is C7H18BNO3+. The summed E-state index contributed by atoms with van der Waals surface area (Å²) < 4.78 is 0.531. The molecule has 3 N–H and O–H groups in total. The summed E-state index contributed by atoms with van der Waals surface area (Å²) in [6.45, 7) is 2.03. The quantitative estimate of drug-likeness (QED) is 0.324. The van der Waals surface area contributed by atoms with Gasteiger partial charge in [0.05, 0.1) is 26.9 Å². The van der Waals surface area contributed by atoms with E-state index in [1.165, 1.54) is 0 Å². The Bertz CT molecular complexity index is 85.6. The van der Waals surface area contributed by atoms with Gasteiger partial charge in [-0.3, -0.25) is 0 Å². The van der Waals surface area contributed by atoms with Crippen LogP contribution in [-0.2, 0) is 0 Å². The normalized spacial score (nSPS) is 11.0. The summed E-state index contributed by atoms with van der Waals surface area (Å²) in [6, 6.07) is 0. The molecule has 0 bridgehead atoms. The Labute approximate surface area is 75.6 Å². The van der Waals surface area contributed by atoms with Gasteiger partial charge in [-0.2, -0.15) is 0 Å². The summed E-state index contributed by atoms with van der Waals surface area (Å²) in [6.07, 6.45) is 0. The molecule has 0 aromatic carbocycles. The second-order valence-electron chi connectivity index (χ2n) is 2.96. The van der Waals surface area contributed by atoms with Crippen LogP contribution in [0.3, 0.4) is 0 Å². The van der Waals surface area contributed by atoms with Gasteiger partial charge in [-0.1, -0.05) is 0 Å². The summed E-state index contributed by atoms with van der Waals surface area (Å²) >= 11 is 0. The van der Waals surface area contributed by atoms with E-state index in [2.05, 4.69) is 0 Å². The van der Waals surface area contributed by atoms with Gasteiger partial charge in [-0.05, 0) is 0 Å². The van der Waals surface area contributed by atoms with E-state index in [9.17, 15) is 0 Å². The number of aliphatic hydroxyl groups is 3. The highest BCUT2D eigenvalue weighted by Crippen LogP contribution is 1.99. The number of quaternary nitrogens is 1. The lowest BCUT2D eigenvalue weighted by Gasteiger charge is -2.32. The van der Waals surface area contributed by atoms with Crippen molar-refractivity contribution in [3.63, 3.8) is 0 Å². The maximum Gasteiger partial charge on any atom is 0.102 e. The van der Waals surface area contributed by atoms with Crippen molar-refractivity contribution < 1.29 is 19.8 Å². The van der Waals surface area contributed by atoms with Crippen molar-refractivity contribution in [1.82, 2.24) is 0 Å². The van der Waals surface area contributed by atoms with Crippen LogP contribution < -0.4 is 0 Å². The third-order valence-corrected chi connectivity index (χ3v) is 1.92. The van der Waals surface area contributed by atoms with Crippen molar-refractivity contribution in [1.29, 1.82) is 0 Å². The molecule has 3 radical (unpaired) electrons. The molecule has 0 aliphatic heterocycles. The summed E-state index contributed by atoms with van der Waals surface area (Å²) in [5.41, 5.74) is 0. The van der Waals surface area contributed by atoms with E-state index in [-0.39, 0.29) is 28.2 Å². The highest BCUT2D eigenvalue weighted by molar-refractivity contribution is 5.75. The van der Waals surface area contributed by atoms with Crippen LogP contribution in [0.2, 0.25) is 0 Å². The molecule has 0 unspecified atom stereocenters. The Morgan fingerprint density at radius 3 is 1.25 bits per heavy atom. The number of rotatable bonds is 6. The molecule has 0 rings (SSSR count). The Kier molecular flexibility index (Phi) is 9.08. The van der Waals surface area contributed by atoms with E-state index in [1.807, 2.05) is 7.05 Å². The van der Waals surface area contributed by atoms with Crippen molar-refractivity contribution in [2.24, 2.45) is 0 Å². The van der Waals surface area contributed by atoms with E-state index in [4.69, 9.17) is 15.3 Å². The molecular weight excluding hydrogens is 157 g/mol. The molecule has 0 spiro atoms. The largest absolute Gasteiger partial charge is 0.391 e. The second-order valence-corrected chi connectivity index (χ2v) is 2.96. The van der Waals surface area contributed by atoms with Gasteiger partial charge in [0.25, 0.3) is 0 Å². The molecule has 5 heteroatoms. The SMILES string of the molecule is C[N+](CCO)(CCO)CCO.[B]. The van der Waals surface area contributed by atoms with Gasteiger partial charge in [-0.25, -0.2) is 0 Å². The smallest absolute Gasteiger partial charge is 0.102 e. The van der Waals surface area contributed by atoms with E-state index in [0.717, 1.165) is 0 Å². The molecule has 0 saturated heterocycles. The van der Waals surface area contributed by atoms with E-state index in [1.54, 1.807) is 0 Å². The summed E-state index contributed by atoms with van der Waals surface area (Å²) in [5.74, 6) is 0. The average Bonchev–Trinajstić information content (AvgIpc) is 1.88. The van der Waals surface area contributed by atoms with Crippen molar-refractivity contribution in [2.45, 2.75) is 0 Å². The first kappa shape index (κ1) is 14.4. The lowest BCUT2D eigenvalue weighted by Crippen LogP contribution is -2.49. The Morgan fingerprint density at radius 1 is 0.833 bits per heavy atom. The zero-order chi connectivity index (χ0) is 8.74. The molecule has 4 nitrogen and oxygen atoms in total. The molecule has 0 aliphatic rings. The Hall–Kier alpha value is -0.0951. The van der Waals surface area contributed by atoms with Crippen LogP contribution in [0.25, 0.3) is 0 Å². The van der Waals surface area contributed by atoms with Crippen LogP contribution in [0.1, 0.15) is 0 Å². The van der Waals surface area contributed by atoms with E-state index in [0.29, 0.717) is 24.1 Å². The molecule has 0 saturated carbocycles. The summed E-state index contributed by atoms with van der Waals surface area (Å²) in [5, 5.41) is 26.0. The van der Waals surface area contributed by atoms with Crippen molar-refractivity contribution in [3.05, 3.63) is 0 Å². The van der Waals surface area contributed by atoms with Gasteiger partial charge in [-0.15, -0.1) is 0 Å². The van der Waals surface area contributed by atoms with Gasteiger partial charge in [0.15, 0.2) is 0 Å². The van der Waals surface area contributed by atoms with Gasteiger partial charge < -0.3 is 19.8 Å². The minimum Gasteiger partial charge on any atom is -0.391 e. The van der Waals surface area contributed by atoms with Crippen LogP contribution in [0.4, 0.5) is 0 Å². The van der Waals surface area contributed by atoms with Crippen LogP contribution in [0.5, 0.6) is 0 Å². The maximum atomic E-state index is 8.68. The summed E-state index contributed by atoms with van der Waals surface area (Å²) in [7, 11) is 1.91. The topological polar surface area (TPSA) is 60.7 Å². The molecule has 0 atom stereocenters. The molecule has 0 heterocycles. The van der Waals surface area contributed by atoms with Gasteiger partial charge >= 0.3 is 0 Å². The van der Waals surface area contributed by atoms with Gasteiger partial charge in [0, 0.05) is 8.41 Å². The summed E-state index contributed by atoms with van der Waals surface area (Å²) in [4.78, 5) is 0. The van der Waals surface area contributed by atoms with Gasteiger partial charge in [0.1, 0.15) is 19.6 Å². The molecule has 0 aromatic rings. The number of aliphatic hydroxyl groups excluding tert-OH is 3. The van der Waals surface area contributed by atoms with Crippen LogP contribution in [0.15, 0.2) is 0 Å². The number of likely N-dealkylation sites (N-methyl/N-ethyl adjacent to an activating group) is 1. The Balaban J connectivity index is 0. The molecule has 12 heavy (non-hydrogen) atoms. The molecule has 0 aliphatic carbocycles. The lowest BCUT2D eigenvalue weighted by atomic mass is 10.4. The predicted molar refractivity (Wildman–Crippen MR) is 47.8 cm³/mol. The fraction of sp³-hybridized carbons (Fsp3) is 1.00. The molecule has 71 valence electrons. The lowest BCUT2D eigenvalue weighted by molar-refractivity contribution is -0.910. The first-order chi connectivity index (χ1) is 5.18. The second kappa shape index (κ2) is 7.55. The van der Waals surface area contributed by atoms with Crippen LogP contribution in [-0.4, -0.2) is 74.7 Å². The predicted octanol–water partition coefficient (Wildman–Crippen LogP) is -1.97. The van der Waals surface area contributed by atoms with Gasteiger partial charge in [0.2, 0.25) is 0 Å². The minimum atomic E-state index is 0. The monoisotopic (exact) mass is 175 g/mol. The standard InChI is InChI=1S/C7H18NO3.B/c1-8(2-5-9,3-6-10)4-7-11;/h9-11H,2-7H2,1H3;/q+1;. The molecule has 0 fully saturated rings. The minimum absolute atomic E-state index is 0. The fourth-order valence-corrected chi connectivity index (χ4v) is 1.06. The Morgan fingerprint density at radius 2 is 1.08 bits per heavy atom. The molecule has 0 amide bonds. The highest BCUT2D eigenvalue weighted by Gasteiger charge is 2.18. The van der Waals surface area contributed by atoms with Crippen molar-refractivity contribution >= 4 is 8.41 Å². The first-order valence-electron chi connectivity index (χ1n) is 3.84. The third-order valence-electron chi connectivity index (χ3n) is 1.92. The fourth-order valence-electron chi connectivity index (χ4n) is 1.06.